The highest BCUT2D eigenvalue weighted by Crippen LogP contribution is 2.56. The van der Waals surface area contributed by atoms with Crippen molar-refractivity contribution in [3.05, 3.63) is 30.3 Å². The van der Waals surface area contributed by atoms with Crippen molar-refractivity contribution < 1.29 is 0 Å². The monoisotopic (exact) mass is 263 g/mol. The van der Waals surface area contributed by atoms with Crippen LogP contribution in [0.15, 0.2) is 40.7 Å². The van der Waals surface area contributed by atoms with Gasteiger partial charge in [-0.15, -0.1) is 0 Å². The molecule has 98 valence electrons. The normalized spacial score (nSPS) is 40.4. The Morgan fingerprint density at radius 1 is 1.05 bits per heavy atom. The standard InChI is InChI=1S/C15H13N5/c16-7-12-10-6-11(13(12)8-17)15-14(10)18-19-20(15)9-4-2-1-3-5-9/h1-5,10-15H,6H2/t10-,11-,12+,13-,14+,15+/m1/s1. The molecular weight excluding hydrogens is 250 g/mol. The molecule has 2 saturated carbocycles. The van der Waals surface area contributed by atoms with Crippen LogP contribution in [0, 0.1) is 46.3 Å². The molecule has 0 unspecified atom stereocenters. The number of fused-ring (bicyclic) bond motifs is 5. The highest BCUT2D eigenvalue weighted by atomic mass is 15.6. The third kappa shape index (κ3) is 1.30. The number of anilines is 1. The van der Waals surface area contributed by atoms with Crippen LogP contribution in [-0.2, 0) is 0 Å². The lowest BCUT2D eigenvalue weighted by Crippen LogP contribution is -2.45. The molecule has 1 aliphatic heterocycles. The average molecular weight is 263 g/mol. The maximum absolute atomic E-state index is 9.39. The summed E-state index contributed by atoms with van der Waals surface area (Å²) in [6, 6.07) is 14.8. The van der Waals surface area contributed by atoms with Gasteiger partial charge in [0.1, 0.15) is 0 Å². The molecule has 4 rings (SSSR count). The second kappa shape index (κ2) is 4.05. The zero-order chi connectivity index (χ0) is 13.7. The number of rotatable bonds is 1. The third-order valence-corrected chi connectivity index (χ3v) is 4.96. The minimum Gasteiger partial charge on any atom is -0.242 e. The second-order valence-corrected chi connectivity index (χ2v) is 5.74. The van der Waals surface area contributed by atoms with Gasteiger partial charge < -0.3 is 0 Å². The summed E-state index contributed by atoms with van der Waals surface area (Å²) in [6.07, 6.45) is 0.925. The Bertz CT molecular complexity index is 640. The zero-order valence-corrected chi connectivity index (χ0v) is 10.8. The first-order valence-corrected chi connectivity index (χ1v) is 6.89. The van der Waals surface area contributed by atoms with E-state index in [9.17, 15) is 10.5 Å². The Kier molecular flexibility index (Phi) is 2.31. The predicted molar refractivity (Wildman–Crippen MR) is 71.2 cm³/mol. The van der Waals surface area contributed by atoms with Gasteiger partial charge in [-0.2, -0.15) is 15.6 Å². The van der Waals surface area contributed by atoms with Crippen molar-refractivity contribution in [3.8, 4) is 12.1 Å². The number of nitrogens with zero attached hydrogens (tertiary/aromatic N) is 5. The average Bonchev–Trinajstić information content (AvgIpc) is 3.17. The lowest BCUT2D eigenvalue weighted by atomic mass is 9.76. The van der Waals surface area contributed by atoms with Gasteiger partial charge in [0, 0.05) is 11.8 Å². The second-order valence-electron chi connectivity index (χ2n) is 5.74. The van der Waals surface area contributed by atoms with Gasteiger partial charge in [0.2, 0.25) is 0 Å². The number of benzene rings is 1. The predicted octanol–water partition coefficient (Wildman–Crippen LogP) is 2.54. The van der Waals surface area contributed by atoms with Crippen LogP contribution in [0.2, 0.25) is 0 Å². The molecule has 3 aliphatic rings. The Balaban J connectivity index is 1.70. The molecule has 2 bridgehead atoms. The Morgan fingerprint density at radius 3 is 2.45 bits per heavy atom. The maximum Gasteiger partial charge on any atom is 0.0998 e. The Labute approximate surface area is 117 Å². The highest BCUT2D eigenvalue weighted by Gasteiger charge is 2.62. The van der Waals surface area contributed by atoms with Crippen LogP contribution in [0.3, 0.4) is 0 Å². The molecule has 0 amide bonds. The fraction of sp³-hybridized carbons (Fsp3) is 0.467. The first-order valence-electron chi connectivity index (χ1n) is 6.89. The fourth-order valence-corrected chi connectivity index (χ4v) is 4.16. The van der Waals surface area contributed by atoms with E-state index in [0.717, 1.165) is 12.1 Å². The molecule has 2 fully saturated rings. The quantitative estimate of drug-likeness (QED) is 0.781. The minimum atomic E-state index is -0.180. The molecule has 0 spiro atoms. The first kappa shape index (κ1) is 11.4. The van der Waals surface area contributed by atoms with E-state index in [2.05, 4.69) is 22.5 Å². The van der Waals surface area contributed by atoms with Crippen LogP contribution >= 0.6 is 0 Å². The summed E-state index contributed by atoms with van der Waals surface area (Å²) in [7, 11) is 0. The SMILES string of the molecule is N#C[C@@H]1[C@H](C#N)[C@H]2C[C@H]1[C@@H]1N=NN(c3ccccc3)[C@@H]21. The van der Waals surface area contributed by atoms with Gasteiger partial charge in [0.15, 0.2) is 0 Å². The summed E-state index contributed by atoms with van der Waals surface area (Å²) in [5.41, 5.74) is 1.02. The summed E-state index contributed by atoms with van der Waals surface area (Å²) in [4.78, 5) is 0. The van der Waals surface area contributed by atoms with E-state index >= 15 is 0 Å². The van der Waals surface area contributed by atoms with Gasteiger partial charge in [0.25, 0.3) is 0 Å². The van der Waals surface area contributed by atoms with Crippen molar-refractivity contribution in [3.63, 3.8) is 0 Å². The molecule has 20 heavy (non-hydrogen) atoms. The summed E-state index contributed by atoms with van der Waals surface area (Å²) in [6.45, 7) is 0. The third-order valence-electron chi connectivity index (χ3n) is 4.96. The highest BCUT2D eigenvalue weighted by molar-refractivity contribution is 5.48. The Hall–Kier alpha value is -2.40. The molecule has 0 saturated heterocycles. The van der Waals surface area contributed by atoms with Crippen molar-refractivity contribution in [2.75, 3.05) is 5.01 Å². The molecule has 0 aromatic heterocycles. The summed E-state index contributed by atoms with van der Waals surface area (Å²) in [5, 5.41) is 29.3. The smallest absolute Gasteiger partial charge is 0.0998 e. The van der Waals surface area contributed by atoms with Crippen molar-refractivity contribution in [1.29, 1.82) is 10.5 Å². The number of para-hydroxylation sites is 1. The van der Waals surface area contributed by atoms with Crippen LogP contribution in [0.25, 0.3) is 0 Å². The summed E-state index contributed by atoms with van der Waals surface area (Å²) >= 11 is 0. The van der Waals surface area contributed by atoms with E-state index in [-0.39, 0.29) is 35.8 Å². The molecule has 0 N–H and O–H groups in total. The van der Waals surface area contributed by atoms with E-state index < -0.39 is 0 Å². The number of nitriles is 2. The molecule has 2 aliphatic carbocycles. The van der Waals surface area contributed by atoms with Crippen molar-refractivity contribution in [2.45, 2.75) is 18.5 Å². The van der Waals surface area contributed by atoms with E-state index in [0.29, 0.717) is 0 Å². The van der Waals surface area contributed by atoms with Crippen LogP contribution in [-0.4, -0.2) is 12.1 Å². The molecule has 1 aromatic carbocycles. The molecular formula is C15H13N5. The number of hydrogen-bond donors (Lipinski definition) is 0. The lowest BCUT2D eigenvalue weighted by Gasteiger charge is -2.33. The Morgan fingerprint density at radius 2 is 1.75 bits per heavy atom. The molecule has 5 heteroatoms. The summed E-state index contributed by atoms with van der Waals surface area (Å²) in [5.74, 6) is 0.0360. The van der Waals surface area contributed by atoms with E-state index in [1.54, 1.807) is 0 Å². The van der Waals surface area contributed by atoms with Crippen LogP contribution in [0.4, 0.5) is 5.69 Å². The van der Waals surface area contributed by atoms with Crippen LogP contribution in [0.1, 0.15) is 6.42 Å². The van der Waals surface area contributed by atoms with Gasteiger partial charge in [-0.05, 0) is 18.6 Å². The first-order chi connectivity index (χ1) is 9.85. The maximum atomic E-state index is 9.39. The van der Waals surface area contributed by atoms with E-state index in [1.165, 1.54) is 0 Å². The van der Waals surface area contributed by atoms with Gasteiger partial charge in [-0.25, -0.2) is 5.01 Å². The zero-order valence-electron chi connectivity index (χ0n) is 10.8. The van der Waals surface area contributed by atoms with Crippen molar-refractivity contribution in [1.82, 2.24) is 0 Å². The van der Waals surface area contributed by atoms with Gasteiger partial charge in [-0.1, -0.05) is 23.4 Å². The van der Waals surface area contributed by atoms with Gasteiger partial charge in [0.05, 0.1) is 41.7 Å². The van der Waals surface area contributed by atoms with Gasteiger partial charge >= 0.3 is 0 Å². The molecule has 5 nitrogen and oxygen atoms in total. The molecule has 6 atom stereocenters. The molecule has 1 heterocycles. The van der Waals surface area contributed by atoms with Crippen LogP contribution in [0.5, 0.6) is 0 Å². The molecule has 1 aromatic rings. The van der Waals surface area contributed by atoms with Crippen molar-refractivity contribution in [2.24, 2.45) is 34.0 Å². The van der Waals surface area contributed by atoms with E-state index in [4.69, 9.17) is 0 Å². The minimum absolute atomic E-state index is 0.0782. The molecule has 0 radical (unpaired) electrons. The topological polar surface area (TPSA) is 75.5 Å². The fourth-order valence-electron chi connectivity index (χ4n) is 4.16. The largest absolute Gasteiger partial charge is 0.242 e. The van der Waals surface area contributed by atoms with E-state index in [1.807, 2.05) is 35.3 Å². The lowest BCUT2D eigenvalue weighted by molar-refractivity contribution is 0.275. The van der Waals surface area contributed by atoms with Crippen molar-refractivity contribution >= 4 is 5.69 Å². The number of hydrogen-bond acceptors (Lipinski definition) is 5. The van der Waals surface area contributed by atoms with Crippen LogP contribution < -0.4 is 5.01 Å². The van der Waals surface area contributed by atoms with Gasteiger partial charge in [-0.3, -0.25) is 0 Å². The summed E-state index contributed by atoms with van der Waals surface area (Å²) < 4.78 is 0.